The highest BCUT2D eigenvalue weighted by molar-refractivity contribution is 5.72. The second kappa shape index (κ2) is 2.63. The molecule has 0 N–H and O–H groups in total. The third kappa shape index (κ3) is 1.10. The summed E-state index contributed by atoms with van der Waals surface area (Å²) in [5, 5.41) is 2.68. The predicted octanol–water partition coefficient (Wildman–Crippen LogP) is 1.60. The molecule has 0 aliphatic heterocycles. The largest absolute Gasteiger partial charge is 0.0691 e. The standard InChI is InChI=1S/C12H12/c1-9(2)12-7-10-5-3-4-6-11(10)8-12/h3-8H,1-2H3. The summed E-state index contributed by atoms with van der Waals surface area (Å²) in [6.07, 6.45) is 4.48. The molecule has 0 fully saturated rings. The quantitative estimate of drug-likeness (QED) is 0.535. The Morgan fingerprint density at radius 1 is 0.917 bits per heavy atom. The molecular formula is C12H12. The Bertz CT molecular complexity index is 406. The Morgan fingerprint density at radius 2 is 1.42 bits per heavy atom. The number of hydrogen-bond donors (Lipinski definition) is 0. The zero-order valence-electron chi connectivity index (χ0n) is 7.46. The smallest absolute Gasteiger partial charge is 0.0178 e. The number of allylic oxidation sites excluding steroid dienone is 2. The van der Waals surface area contributed by atoms with Gasteiger partial charge in [-0.05, 0) is 42.0 Å². The normalized spacial score (nSPS) is 13.3. The zero-order valence-corrected chi connectivity index (χ0v) is 7.46. The third-order valence-electron chi connectivity index (χ3n) is 2.20. The Kier molecular flexibility index (Phi) is 1.61. The molecule has 0 heteroatoms. The van der Waals surface area contributed by atoms with Gasteiger partial charge in [-0.1, -0.05) is 29.8 Å². The maximum atomic E-state index is 2.24. The van der Waals surface area contributed by atoms with E-state index in [1.165, 1.54) is 21.6 Å². The summed E-state index contributed by atoms with van der Waals surface area (Å²) in [6, 6.07) is 8.47. The van der Waals surface area contributed by atoms with Crippen molar-refractivity contribution in [1.82, 2.24) is 0 Å². The van der Waals surface area contributed by atoms with E-state index in [1.807, 2.05) is 0 Å². The van der Waals surface area contributed by atoms with Crippen LogP contribution in [0.25, 0.3) is 12.2 Å². The predicted molar refractivity (Wildman–Crippen MR) is 53.0 cm³/mol. The van der Waals surface area contributed by atoms with Crippen molar-refractivity contribution in [3.8, 4) is 0 Å². The molecule has 0 unspecified atom stereocenters. The first-order valence-corrected chi connectivity index (χ1v) is 4.23. The lowest BCUT2D eigenvalue weighted by Gasteiger charge is -1.90. The van der Waals surface area contributed by atoms with Crippen LogP contribution in [0.2, 0.25) is 0 Å². The van der Waals surface area contributed by atoms with Crippen molar-refractivity contribution in [2.24, 2.45) is 0 Å². The monoisotopic (exact) mass is 156 g/mol. The molecular weight excluding hydrogens is 144 g/mol. The average molecular weight is 156 g/mol. The first-order valence-electron chi connectivity index (χ1n) is 4.23. The Labute approximate surface area is 72.5 Å². The van der Waals surface area contributed by atoms with Gasteiger partial charge in [0.15, 0.2) is 0 Å². The highest BCUT2D eigenvalue weighted by atomic mass is 14.0. The van der Waals surface area contributed by atoms with Gasteiger partial charge in [0.25, 0.3) is 0 Å². The van der Waals surface area contributed by atoms with Crippen LogP contribution in [0.4, 0.5) is 0 Å². The molecule has 12 heavy (non-hydrogen) atoms. The van der Waals surface area contributed by atoms with Crippen LogP contribution in [0.5, 0.6) is 0 Å². The van der Waals surface area contributed by atoms with Crippen molar-refractivity contribution < 1.29 is 0 Å². The Morgan fingerprint density at radius 3 is 1.83 bits per heavy atom. The molecule has 1 aromatic rings. The van der Waals surface area contributed by atoms with Crippen LogP contribution in [0.1, 0.15) is 13.8 Å². The van der Waals surface area contributed by atoms with Gasteiger partial charge in [0.1, 0.15) is 0 Å². The average Bonchev–Trinajstić information content (AvgIpc) is 2.46. The maximum absolute atomic E-state index is 2.24. The van der Waals surface area contributed by atoms with Crippen LogP contribution in [0, 0.1) is 0 Å². The second-order valence-electron chi connectivity index (χ2n) is 3.37. The molecule has 0 atom stereocenters. The van der Waals surface area contributed by atoms with Gasteiger partial charge in [-0.15, -0.1) is 0 Å². The van der Waals surface area contributed by atoms with Crippen LogP contribution in [0.15, 0.2) is 35.4 Å². The summed E-state index contributed by atoms with van der Waals surface area (Å²) in [4.78, 5) is 0. The van der Waals surface area contributed by atoms with E-state index in [2.05, 4.69) is 50.3 Å². The van der Waals surface area contributed by atoms with Gasteiger partial charge in [0.2, 0.25) is 0 Å². The van der Waals surface area contributed by atoms with Gasteiger partial charge in [-0.3, -0.25) is 0 Å². The minimum absolute atomic E-state index is 1.34. The lowest BCUT2D eigenvalue weighted by atomic mass is 10.2. The molecule has 1 aliphatic carbocycles. The molecule has 0 bridgehead atoms. The van der Waals surface area contributed by atoms with Gasteiger partial charge in [-0.2, -0.15) is 0 Å². The number of benzene rings is 1. The molecule has 0 spiro atoms. The van der Waals surface area contributed by atoms with E-state index in [0.717, 1.165) is 0 Å². The molecule has 60 valence electrons. The zero-order chi connectivity index (χ0) is 8.55. The highest BCUT2D eigenvalue weighted by Gasteiger charge is 1.98. The minimum atomic E-state index is 1.34. The van der Waals surface area contributed by atoms with Crippen molar-refractivity contribution in [3.05, 3.63) is 45.8 Å². The summed E-state index contributed by atoms with van der Waals surface area (Å²) in [7, 11) is 0. The van der Waals surface area contributed by atoms with E-state index < -0.39 is 0 Å². The van der Waals surface area contributed by atoms with Crippen LogP contribution in [0.3, 0.4) is 0 Å². The molecule has 0 saturated carbocycles. The fourth-order valence-corrected chi connectivity index (χ4v) is 1.44. The SMILES string of the molecule is CC(C)=C1C=c2ccccc2=C1. The van der Waals surface area contributed by atoms with Gasteiger partial charge >= 0.3 is 0 Å². The van der Waals surface area contributed by atoms with E-state index in [0.29, 0.717) is 0 Å². The topological polar surface area (TPSA) is 0 Å². The summed E-state index contributed by atoms with van der Waals surface area (Å²) in [5.41, 5.74) is 2.74. The lowest BCUT2D eigenvalue weighted by Crippen LogP contribution is -2.19. The summed E-state index contributed by atoms with van der Waals surface area (Å²) < 4.78 is 0. The van der Waals surface area contributed by atoms with Gasteiger partial charge < -0.3 is 0 Å². The fourth-order valence-electron chi connectivity index (χ4n) is 1.44. The molecule has 2 rings (SSSR count). The number of fused-ring (bicyclic) bond motifs is 1. The maximum Gasteiger partial charge on any atom is -0.0178 e. The van der Waals surface area contributed by atoms with E-state index in [4.69, 9.17) is 0 Å². The molecule has 0 saturated heterocycles. The van der Waals surface area contributed by atoms with E-state index in [-0.39, 0.29) is 0 Å². The van der Waals surface area contributed by atoms with Crippen molar-refractivity contribution in [3.63, 3.8) is 0 Å². The first-order chi connectivity index (χ1) is 5.77. The van der Waals surface area contributed by atoms with Crippen molar-refractivity contribution in [1.29, 1.82) is 0 Å². The van der Waals surface area contributed by atoms with Crippen molar-refractivity contribution >= 4 is 12.2 Å². The lowest BCUT2D eigenvalue weighted by molar-refractivity contribution is 1.38. The Balaban J connectivity index is 2.77. The fraction of sp³-hybridized carbons (Fsp3) is 0.167. The summed E-state index contributed by atoms with van der Waals surface area (Å²) >= 11 is 0. The van der Waals surface area contributed by atoms with Crippen molar-refractivity contribution in [2.45, 2.75) is 13.8 Å². The van der Waals surface area contributed by atoms with E-state index >= 15 is 0 Å². The molecule has 0 aromatic heterocycles. The van der Waals surface area contributed by atoms with Crippen LogP contribution >= 0.6 is 0 Å². The van der Waals surface area contributed by atoms with Crippen LogP contribution in [-0.4, -0.2) is 0 Å². The molecule has 0 radical (unpaired) electrons. The van der Waals surface area contributed by atoms with Crippen LogP contribution < -0.4 is 10.4 Å². The third-order valence-corrected chi connectivity index (χ3v) is 2.20. The van der Waals surface area contributed by atoms with Gasteiger partial charge in [0, 0.05) is 0 Å². The Hall–Kier alpha value is -1.30. The summed E-state index contributed by atoms with van der Waals surface area (Å²) in [5.74, 6) is 0. The minimum Gasteiger partial charge on any atom is -0.0691 e. The molecule has 0 amide bonds. The molecule has 0 nitrogen and oxygen atoms in total. The number of rotatable bonds is 0. The second-order valence-corrected chi connectivity index (χ2v) is 3.37. The molecule has 1 aliphatic rings. The highest BCUT2D eigenvalue weighted by Crippen LogP contribution is 2.08. The first kappa shape index (κ1) is 7.35. The van der Waals surface area contributed by atoms with Crippen molar-refractivity contribution in [2.75, 3.05) is 0 Å². The molecule has 0 heterocycles. The molecule has 1 aromatic carbocycles. The number of hydrogen-bond acceptors (Lipinski definition) is 0. The summed E-state index contributed by atoms with van der Waals surface area (Å²) in [6.45, 7) is 4.29. The van der Waals surface area contributed by atoms with Crippen LogP contribution in [-0.2, 0) is 0 Å². The van der Waals surface area contributed by atoms with Gasteiger partial charge in [0.05, 0.1) is 0 Å². The van der Waals surface area contributed by atoms with E-state index in [9.17, 15) is 0 Å². The van der Waals surface area contributed by atoms with E-state index in [1.54, 1.807) is 0 Å². The van der Waals surface area contributed by atoms with Gasteiger partial charge in [-0.25, -0.2) is 0 Å².